The maximum absolute atomic E-state index is 10.7. The van der Waals surface area contributed by atoms with Crippen molar-refractivity contribution in [2.24, 2.45) is 0 Å². The lowest BCUT2D eigenvalue weighted by Gasteiger charge is -2.36. The Kier molecular flexibility index (Phi) is 13.7. The van der Waals surface area contributed by atoms with E-state index in [1.807, 2.05) is 85.1 Å². The Hall–Kier alpha value is -3.58. The van der Waals surface area contributed by atoms with E-state index in [-0.39, 0.29) is 12.2 Å². The summed E-state index contributed by atoms with van der Waals surface area (Å²) < 4.78 is 5.66. The minimum atomic E-state index is 0.199. The van der Waals surface area contributed by atoms with E-state index in [1.165, 1.54) is 6.21 Å². The van der Waals surface area contributed by atoms with Crippen LogP contribution in [0.2, 0.25) is 0 Å². The van der Waals surface area contributed by atoms with Crippen molar-refractivity contribution in [2.45, 2.75) is 53.8 Å². The average Bonchev–Trinajstić information content (AvgIpc) is 2.90. The standard InChI is InChI=1S/C15H19N3.C12H16N2O2.C2H6/c1-5-12(9-16)11(3)7-14-8-15(17-4)18-10-13(14)6-2;1-9-6-14(7-10(2)16-9)12-5-11(8-15)3-4-13-12;1-2/h5-10,16-17H,3H2,1-2,4H3;3-5,8-10H,6-7H2,1-2H3;1-2H3/b12-5+,13-6-,14-7-,16-9?;;. The van der Waals surface area contributed by atoms with Crippen molar-refractivity contribution in [3.05, 3.63) is 70.4 Å². The van der Waals surface area contributed by atoms with Gasteiger partial charge < -0.3 is 20.4 Å². The zero-order valence-corrected chi connectivity index (χ0v) is 22.7. The Morgan fingerprint density at radius 2 is 1.83 bits per heavy atom. The first-order valence-corrected chi connectivity index (χ1v) is 12.3. The number of aromatic nitrogens is 2. The fraction of sp³-hybridized carbons (Fsp3) is 0.379. The Bertz CT molecular complexity index is 1150. The Morgan fingerprint density at radius 3 is 2.36 bits per heavy atom. The zero-order chi connectivity index (χ0) is 27.1. The molecule has 7 heteroatoms. The largest absolute Gasteiger partial charge is 0.373 e. The number of nitrogens with one attached hydrogen (secondary N) is 2. The fourth-order valence-corrected chi connectivity index (χ4v) is 3.66. The van der Waals surface area contributed by atoms with Crippen LogP contribution in [0.4, 0.5) is 11.6 Å². The predicted octanol–water partition coefficient (Wildman–Crippen LogP) is 4.39. The average molecular weight is 492 g/mol. The number of aldehydes is 1. The molecule has 2 aromatic rings. The first-order valence-electron chi connectivity index (χ1n) is 12.3. The molecular formula is C29H41N5O2. The maximum atomic E-state index is 10.7. The second kappa shape index (κ2) is 16.2. The summed E-state index contributed by atoms with van der Waals surface area (Å²) in [5.74, 6) is 1.67. The van der Waals surface area contributed by atoms with Gasteiger partial charge in [-0.15, -0.1) is 0 Å². The van der Waals surface area contributed by atoms with E-state index in [0.29, 0.717) is 5.56 Å². The molecule has 0 bridgehead atoms. The summed E-state index contributed by atoms with van der Waals surface area (Å²) >= 11 is 0. The van der Waals surface area contributed by atoms with Gasteiger partial charge in [-0.3, -0.25) is 4.79 Å². The van der Waals surface area contributed by atoms with E-state index in [9.17, 15) is 4.79 Å². The molecule has 2 aromatic heterocycles. The van der Waals surface area contributed by atoms with Crippen molar-refractivity contribution in [1.82, 2.24) is 9.97 Å². The number of hydrogen-bond donors (Lipinski definition) is 2. The van der Waals surface area contributed by atoms with Gasteiger partial charge in [-0.05, 0) is 73.6 Å². The molecule has 1 aliphatic heterocycles. The van der Waals surface area contributed by atoms with Gasteiger partial charge in [0, 0.05) is 44.3 Å². The highest BCUT2D eigenvalue weighted by Gasteiger charge is 2.23. The summed E-state index contributed by atoms with van der Waals surface area (Å²) in [6, 6.07) is 5.50. The van der Waals surface area contributed by atoms with Gasteiger partial charge in [-0.2, -0.15) is 0 Å². The normalized spacial score (nSPS) is 18.3. The second-order valence-corrected chi connectivity index (χ2v) is 8.02. The van der Waals surface area contributed by atoms with Gasteiger partial charge in [0.25, 0.3) is 0 Å². The summed E-state index contributed by atoms with van der Waals surface area (Å²) in [6.45, 7) is 17.6. The zero-order valence-electron chi connectivity index (χ0n) is 22.7. The van der Waals surface area contributed by atoms with Crippen molar-refractivity contribution in [2.75, 3.05) is 30.4 Å². The SMILES string of the molecule is C=C(/C=c1/cc(NC)nc/c1=C/C)/C(C=N)=C/C.CC.CC1CN(c2cc(C=O)ccn2)CC(C)O1. The van der Waals surface area contributed by atoms with Gasteiger partial charge >= 0.3 is 0 Å². The molecule has 0 amide bonds. The minimum Gasteiger partial charge on any atom is -0.373 e. The molecule has 0 aliphatic carbocycles. The number of allylic oxidation sites excluding steroid dienone is 3. The fourth-order valence-electron chi connectivity index (χ4n) is 3.66. The highest BCUT2D eigenvalue weighted by molar-refractivity contribution is 5.86. The number of rotatable bonds is 6. The van der Waals surface area contributed by atoms with Crippen LogP contribution in [0, 0.1) is 5.41 Å². The minimum absolute atomic E-state index is 0.199. The number of ether oxygens (including phenoxy) is 1. The first-order chi connectivity index (χ1) is 17.3. The number of hydrogen-bond acceptors (Lipinski definition) is 7. The number of carbonyl (C=O) groups is 1. The number of anilines is 2. The molecule has 0 radical (unpaired) electrons. The monoisotopic (exact) mass is 491 g/mol. The van der Waals surface area contributed by atoms with Crippen LogP contribution in [-0.2, 0) is 4.74 Å². The second-order valence-electron chi connectivity index (χ2n) is 8.02. The molecule has 2 atom stereocenters. The lowest BCUT2D eigenvalue weighted by Crippen LogP contribution is -2.45. The Balaban J connectivity index is 0.000000338. The summed E-state index contributed by atoms with van der Waals surface area (Å²) in [6.07, 6.45) is 11.9. The van der Waals surface area contributed by atoms with E-state index < -0.39 is 0 Å². The summed E-state index contributed by atoms with van der Waals surface area (Å²) in [5, 5.41) is 12.4. The molecule has 36 heavy (non-hydrogen) atoms. The molecule has 0 aromatic carbocycles. The molecule has 0 spiro atoms. The van der Waals surface area contributed by atoms with Crippen molar-refractivity contribution in [1.29, 1.82) is 5.41 Å². The molecule has 3 rings (SSSR count). The molecule has 1 saturated heterocycles. The number of pyridine rings is 2. The van der Waals surface area contributed by atoms with Gasteiger partial charge in [0.15, 0.2) is 0 Å². The van der Waals surface area contributed by atoms with Crippen molar-refractivity contribution >= 4 is 36.3 Å². The van der Waals surface area contributed by atoms with Gasteiger partial charge in [0.2, 0.25) is 0 Å². The van der Waals surface area contributed by atoms with Crippen LogP contribution in [0.3, 0.4) is 0 Å². The lowest BCUT2D eigenvalue weighted by molar-refractivity contribution is -0.00546. The predicted molar refractivity (Wildman–Crippen MR) is 153 cm³/mol. The Labute approximate surface area is 215 Å². The highest BCUT2D eigenvalue weighted by Crippen LogP contribution is 2.18. The molecule has 194 valence electrons. The van der Waals surface area contributed by atoms with Crippen LogP contribution >= 0.6 is 0 Å². The van der Waals surface area contributed by atoms with E-state index >= 15 is 0 Å². The third-order valence-corrected chi connectivity index (χ3v) is 5.35. The van der Waals surface area contributed by atoms with Gasteiger partial charge in [-0.1, -0.05) is 32.6 Å². The van der Waals surface area contributed by atoms with E-state index in [4.69, 9.17) is 10.1 Å². The molecule has 1 fully saturated rings. The van der Waals surface area contributed by atoms with Crippen LogP contribution < -0.4 is 20.7 Å². The highest BCUT2D eigenvalue weighted by atomic mass is 16.5. The van der Waals surface area contributed by atoms with Crippen LogP contribution in [0.25, 0.3) is 12.2 Å². The number of carbonyl (C=O) groups excluding carboxylic acids is 1. The van der Waals surface area contributed by atoms with Crippen molar-refractivity contribution < 1.29 is 9.53 Å². The first kappa shape index (κ1) is 30.5. The molecule has 2 unspecified atom stereocenters. The summed E-state index contributed by atoms with van der Waals surface area (Å²) in [5.41, 5.74) is 2.31. The third kappa shape index (κ3) is 9.23. The van der Waals surface area contributed by atoms with E-state index in [1.54, 1.807) is 12.3 Å². The number of morpholine rings is 1. The van der Waals surface area contributed by atoms with Crippen molar-refractivity contribution in [3.8, 4) is 0 Å². The molecule has 0 saturated carbocycles. The quantitative estimate of drug-likeness (QED) is 0.354. The van der Waals surface area contributed by atoms with Crippen LogP contribution in [0.5, 0.6) is 0 Å². The number of nitrogens with zero attached hydrogens (tertiary/aromatic N) is 3. The molecule has 3 heterocycles. The maximum Gasteiger partial charge on any atom is 0.150 e. The molecule has 1 aliphatic rings. The van der Waals surface area contributed by atoms with Crippen molar-refractivity contribution in [3.63, 3.8) is 0 Å². The molecular weight excluding hydrogens is 450 g/mol. The van der Waals surface area contributed by atoms with E-state index in [2.05, 4.69) is 26.8 Å². The lowest BCUT2D eigenvalue weighted by atomic mass is 10.1. The Morgan fingerprint density at radius 1 is 1.17 bits per heavy atom. The topological polar surface area (TPSA) is 91.2 Å². The van der Waals surface area contributed by atoms with Crippen LogP contribution in [-0.4, -0.2) is 54.8 Å². The van der Waals surface area contributed by atoms with Gasteiger partial charge in [-0.25, -0.2) is 9.97 Å². The van der Waals surface area contributed by atoms with Crippen LogP contribution in [0.15, 0.2) is 54.4 Å². The molecule has 7 nitrogen and oxygen atoms in total. The van der Waals surface area contributed by atoms with Gasteiger partial charge in [0.05, 0.1) is 12.2 Å². The molecule has 2 N–H and O–H groups in total. The smallest absolute Gasteiger partial charge is 0.150 e. The summed E-state index contributed by atoms with van der Waals surface area (Å²) in [7, 11) is 1.84. The van der Waals surface area contributed by atoms with E-state index in [0.717, 1.165) is 52.6 Å². The van der Waals surface area contributed by atoms with Crippen LogP contribution in [0.1, 0.15) is 51.9 Å². The van der Waals surface area contributed by atoms with Gasteiger partial charge in [0.1, 0.15) is 17.9 Å². The summed E-state index contributed by atoms with van der Waals surface area (Å²) in [4.78, 5) is 21.4. The third-order valence-electron chi connectivity index (χ3n) is 5.35.